The standard InChI is InChI=1S/C17H10FI2NO3/c18-13-4-2-1-3-12(13)11(8-21)5-10-6-14(19)17(15(20)7-10)24-9-16(22)23/h1-7H,9H2,(H,22,23)/b11-5-. The summed E-state index contributed by atoms with van der Waals surface area (Å²) in [5, 5.41) is 18.0. The third kappa shape index (κ3) is 4.67. The first-order valence-electron chi connectivity index (χ1n) is 6.62. The number of nitriles is 1. The molecule has 0 atom stereocenters. The van der Waals surface area contributed by atoms with Gasteiger partial charge in [0.05, 0.1) is 18.8 Å². The maximum Gasteiger partial charge on any atom is 0.341 e. The van der Waals surface area contributed by atoms with Gasteiger partial charge in [-0.1, -0.05) is 18.2 Å². The second-order valence-corrected chi connectivity index (χ2v) is 6.97. The van der Waals surface area contributed by atoms with Gasteiger partial charge in [-0.05, 0) is 75.0 Å². The Morgan fingerprint density at radius 1 is 1.29 bits per heavy atom. The van der Waals surface area contributed by atoms with E-state index >= 15 is 0 Å². The molecule has 1 N–H and O–H groups in total. The highest BCUT2D eigenvalue weighted by Gasteiger charge is 2.12. The quantitative estimate of drug-likeness (QED) is 0.338. The molecular weight excluding hydrogens is 539 g/mol. The minimum absolute atomic E-state index is 0.207. The first-order chi connectivity index (χ1) is 11.4. The van der Waals surface area contributed by atoms with Crippen LogP contribution >= 0.6 is 45.2 Å². The van der Waals surface area contributed by atoms with Crippen molar-refractivity contribution in [2.75, 3.05) is 6.61 Å². The number of aliphatic carboxylic acids is 1. The van der Waals surface area contributed by atoms with Crippen LogP contribution in [-0.2, 0) is 4.79 Å². The Morgan fingerprint density at radius 3 is 2.46 bits per heavy atom. The van der Waals surface area contributed by atoms with E-state index in [4.69, 9.17) is 9.84 Å². The number of nitrogens with zero attached hydrogens (tertiary/aromatic N) is 1. The van der Waals surface area contributed by atoms with E-state index in [1.54, 1.807) is 36.4 Å². The molecule has 0 aliphatic heterocycles. The summed E-state index contributed by atoms with van der Waals surface area (Å²) in [5.74, 6) is -1.05. The summed E-state index contributed by atoms with van der Waals surface area (Å²) in [6.45, 7) is -0.431. The number of rotatable bonds is 5. The van der Waals surface area contributed by atoms with Gasteiger partial charge in [0, 0.05) is 5.56 Å². The summed E-state index contributed by atoms with van der Waals surface area (Å²) in [6.07, 6.45) is 1.59. The molecule has 0 radical (unpaired) electrons. The van der Waals surface area contributed by atoms with Crippen molar-refractivity contribution in [2.24, 2.45) is 0 Å². The molecule has 0 amide bonds. The fraction of sp³-hybridized carbons (Fsp3) is 0.0588. The number of carboxylic acids is 1. The van der Waals surface area contributed by atoms with Gasteiger partial charge in [0.25, 0.3) is 0 Å². The Kier molecular flexibility index (Phi) is 6.56. The molecule has 0 bridgehead atoms. The molecular formula is C17H10FI2NO3. The van der Waals surface area contributed by atoms with E-state index < -0.39 is 18.4 Å². The minimum atomic E-state index is -1.06. The van der Waals surface area contributed by atoms with Crippen LogP contribution in [0.1, 0.15) is 11.1 Å². The van der Waals surface area contributed by atoms with Crippen LogP contribution in [-0.4, -0.2) is 17.7 Å². The van der Waals surface area contributed by atoms with Crippen LogP contribution in [0.5, 0.6) is 5.75 Å². The molecule has 4 nitrogen and oxygen atoms in total. The van der Waals surface area contributed by atoms with Gasteiger partial charge < -0.3 is 9.84 Å². The molecule has 0 fully saturated rings. The smallest absolute Gasteiger partial charge is 0.341 e. The van der Waals surface area contributed by atoms with Crippen molar-refractivity contribution in [2.45, 2.75) is 0 Å². The first kappa shape index (κ1) is 18.7. The lowest BCUT2D eigenvalue weighted by molar-refractivity contribution is -0.139. The highest BCUT2D eigenvalue weighted by molar-refractivity contribution is 14.1. The van der Waals surface area contributed by atoms with Crippen LogP contribution in [0.3, 0.4) is 0 Å². The Bertz CT molecular complexity index is 836. The Hall–Kier alpha value is -1.67. The monoisotopic (exact) mass is 549 g/mol. The summed E-state index contributed by atoms with van der Waals surface area (Å²) in [4.78, 5) is 10.6. The number of allylic oxidation sites excluding steroid dienone is 1. The molecule has 0 saturated heterocycles. The molecule has 2 rings (SSSR count). The van der Waals surface area contributed by atoms with E-state index in [0.717, 1.165) is 0 Å². The molecule has 0 heterocycles. The fourth-order valence-electron chi connectivity index (χ4n) is 1.95. The zero-order chi connectivity index (χ0) is 17.7. The van der Waals surface area contributed by atoms with Crippen molar-refractivity contribution in [3.05, 3.63) is 60.5 Å². The van der Waals surface area contributed by atoms with Gasteiger partial charge in [-0.2, -0.15) is 5.26 Å². The maximum atomic E-state index is 13.9. The van der Waals surface area contributed by atoms with Gasteiger partial charge in [0.15, 0.2) is 6.61 Å². The van der Waals surface area contributed by atoms with Crippen LogP contribution in [0.4, 0.5) is 4.39 Å². The third-order valence-electron chi connectivity index (χ3n) is 2.96. The van der Waals surface area contributed by atoms with Crippen molar-refractivity contribution < 1.29 is 19.0 Å². The predicted octanol–water partition coefficient (Wildman–Crippen LogP) is 4.56. The Morgan fingerprint density at radius 2 is 1.92 bits per heavy atom. The first-order valence-corrected chi connectivity index (χ1v) is 8.78. The van der Waals surface area contributed by atoms with E-state index in [9.17, 15) is 14.4 Å². The van der Waals surface area contributed by atoms with E-state index in [0.29, 0.717) is 18.5 Å². The zero-order valence-electron chi connectivity index (χ0n) is 12.1. The van der Waals surface area contributed by atoms with Gasteiger partial charge in [0.2, 0.25) is 0 Å². The van der Waals surface area contributed by atoms with Crippen LogP contribution < -0.4 is 4.74 Å². The second kappa shape index (κ2) is 8.43. The number of ether oxygens (including phenoxy) is 1. The molecule has 0 spiro atoms. The normalized spacial score (nSPS) is 11.0. The molecule has 24 heavy (non-hydrogen) atoms. The maximum absolute atomic E-state index is 13.9. The molecule has 0 unspecified atom stereocenters. The summed E-state index contributed by atoms with van der Waals surface area (Å²) in [7, 11) is 0. The average molecular weight is 549 g/mol. The summed E-state index contributed by atoms with van der Waals surface area (Å²) >= 11 is 4.06. The van der Waals surface area contributed by atoms with Crippen molar-refractivity contribution in [3.63, 3.8) is 0 Å². The van der Waals surface area contributed by atoms with E-state index in [2.05, 4.69) is 0 Å². The van der Waals surface area contributed by atoms with E-state index in [-0.39, 0.29) is 11.1 Å². The zero-order valence-corrected chi connectivity index (χ0v) is 16.4. The van der Waals surface area contributed by atoms with Gasteiger partial charge in [-0.25, -0.2) is 9.18 Å². The minimum Gasteiger partial charge on any atom is -0.480 e. The Labute approximate surface area is 165 Å². The lowest BCUT2D eigenvalue weighted by Gasteiger charge is -2.10. The highest BCUT2D eigenvalue weighted by atomic mass is 127. The summed E-state index contributed by atoms with van der Waals surface area (Å²) < 4.78 is 20.5. The van der Waals surface area contributed by atoms with Crippen molar-refractivity contribution in [1.29, 1.82) is 5.26 Å². The molecule has 2 aromatic carbocycles. The largest absolute Gasteiger partial charge is 0.480 e. The average Bonchev–Trinajstić information content (AvgIpc) is 2.52. The number of halogens is 3. The fourth-order valence-corrected chi connectivity index (χ4v) is 4.08. The number of hydrogen-bond acceptors (Lipinski definition) is 3. The molecule has 7 heteroatoms. The van der Waals surface area contributed by atoms with Gasteiger partial charge >= 0.3 is 5.97 Å². The Balaban J connectivity index is 2.40. The summed E-state index contributed by atoms with van der Waals surface area (Å²) in [6, 6.07) is 11.6. The molecule has 0 aliphatic carbocycles. The van der Waals surface area contributed by atoms with Gasteiger partial charge in [0.1, 0.15) is 11.6 Å². The summed E-state index contributed by atoms with van der Waals surface area (Å²) in [5.41, 5.74) is 1.14. The highest BCUT2D eigenvalue weighted by Crippen LogP contribution is 2.31. The van der Waals surface area contributed by atoms with Gasteiger partial charge in [-0.15, -0.1) is 0 Å². The topological polar surface area (TPSA) is 70.3 Å². The number of benzene rings is 2. The number of hydrogen-bond donors (Lipinski definition) is 1. The third-order valence-corrected chi connectivity index (χ3v) is 4.56. The van der Waals surface area contributed by atoms with Crippen LogP contribution in [0.15, 0.2) is 36.4 Å². The molecule has 2 aromatic rings. The van der Waals surface area contributed by atoms with Crippen LogP contribution in [0, 0.1) is 24.3 Å². The van der Waals surface area contributed by atoms with Gasteiger partial charge in [-0.3, -0.25) is 0 Å². The SMILES string of the molecule is N#C/C(=C/c1cc(I)c(OCC(=O)O)c(I)c1)c1ccccc1F. The number of carboxylic acid groups (broad SMARTS) is 1. The lowest BCUT2D eigenvalue weighted by Crippen LogP contribution is -2.11. The van der Waals surface area contributed by atoms with E-state index in [1.165, 1.54) is 6.07 Å². The molecule has 122 valence electrons. The predicted molar refractivity (Wildman–Crippen MR) is 105 cm³/mol. The van der Waals surface area contributed by atoms with E-state index in [1.807, 2.05) is 51.3 Å². The van der Waals surface area contributed by atoms with Crippen LogP contribution in [0.25, 0.3) is 11.6 Å². The second-order valence-electron chi connectivity index (χ2n) is 4.65. The lowest BCUT2D eigenvalue weighted by atomic mass is 10.0. The molecule has 0 saturated carbocycles. The van der Waals surface area contributed by atoms with Crippen molar-refractivity contribution in [3.8, 4) is 11.8 Å². The van der Waals surface area contributed by atoms with Crippen molar-refractivity contribution >= 4 is 62.8 Å². The molecule has 0 aliphatic rings. The van der Waals surface area contributed by atoms with Crippen molar-refractivity contribution in [1.82, 2.24) is 0 Å². The van der Waals surface area contributed by atoms with Crippen LogP contribution in [0.2, 0.25) is 0 Å². The molecule has 0 aromatic heterocycles. The number of carbonyl (C=O) groups is 1.